The smallest absolute Gasteiger partial charge is 0.338 e. The third-order valence-corrected chi connectivity index (χ3v) is 6.09. The molecule has 8 heteroatoms. The average Bonchev–Trinajstić information content (AvgIpc) is 2.62. The van der Waals surface area contributed by atoms with Gasteiger partial charge in [0.25, 0.3) is 5.91 Å². The van der Waals surface area contributed by atoms with Crippen molar-refractivity contribution in [2.75, 3.05) is 13.2 Å². The molecule has 0 unspecified atom stereocenters. The molecular formula is C18H26N2O5S. The molecule has 144 valence electrons. The van der Waals surface area contributed by atoms with Crippen molar-refractivity contribution in [2.45, 2.75) is 50.5 Å². The molecule has 1 amide bonds. The van der Waals surface area contributed by atoms with Crippen molar-refractivity contribution in [3.8, 4) is 0 Å². The number of hydrogen-bond acceptors (Lipinski definition) is 5. The molecule has 2 atom stereocenters. The van der Waals surface area contributed by atoms with Gasteiger partial charge >= 0.3 is 5.97 Å². The van der Waals surface area contributed by atoms with Gasteiger partial charge in [0, 0.05) is 12.6 Å². The Kier molecular flexibility index (Phi) is 7.16. The summed E-state index contributed by atoms with van der Waals surface area (Å²) in [6.07, 6.45) is 4.31. The number of benzene rings is 1. The monoisotopic (exact) mass is 382 g/mol. The van der Waals surface area contributed by atoms with Crippen LogP contribution in [0.1, 0.15) is 49.9 Å². The predicted octanol–water partition coefficient (Wildman–Crippen LogP) is 1.84. The van der Waals surface area contributed by atoms with Gasteiger partial charge in [0.15, 0.2) is 6.61 Å². The van der Waals surface area contributed by atoms with Crippen molar-refractivity contribution < 1.29 is 22.7 Å². The maximum Gasteiger partial charge on any atom is 0.338 e. The third kappa shape index (κ3) is 5.54. The largest absolute Gasteiger partial charge is 0.452 e. The highest BCUT2D eigenvalue weighted by Crippen LogP contribution is 2.23. The highest BCUT2D eigenvalue weighted by Gasteiger charge is 2.23. The number of nitrogens with one attached hydrogen (secondary N) is 2. The Morgan fingerprint density at radius 1 is 1.15 bits per heavy atom. The zero-order chi connectivity index (χ0) is 19.2. The van der Waals surface area contributed by atoms with E-state index in [1.165, 1.54) is 30.7 Å². The van der Waals surface area contributed by atoms with Gasteiger partial charge in [0.05, 0.1) is 10.5 Å². The summed E-state index contributed by atoms with van der Waals surface area (Å²) in [6, 6.07) is 5.53. The number of amides is 1. The lowest BCUT2D eigenvalue weighted by Crippen LogP contribution is -2.42. The second-order valence-corrected chi connectivity index (χ2v) is 8.30. The number of esters is 1. The molecule has 1 aromatic rings. The Morgan fingerprint density at radius 2 is 1.81 bits per heavy atom. The Labute approximate surface area is 154 Å². The first-order valence-corrected chi connectivity index (χ1v) is 10.4. The molecule has 0 saturated heterocycles. The van der Waals surface area contributed by atoms with E-state index in [0.717, 1.165) is 19.3 Å². The normalized spacial score (nSPS) is 20.4. The predicted molar refractivity (Wildman–Crippen MR) is 97.1 cm³/mol. The van der Waals surface area contributed by atoms with E-state index in [1.54, 1.807) is 6.92 Å². The van der Waals surface area contributed by atoms with Gasteiger partial charge in [0.2, 0.25) is 10.0 Å². The van der Waals surface area contributed by atoms with Gasteiger partial charge in [-0.2, -0.15) is 0 Å². The number of carbonyl (C=O) groups is 2. The summed E-state index contributed by atoms with van der Waals surface area (Å²) in [5.41, 5.74) is 0.194. The summed E-state index contributed by atoms with van der Waals surface area (Å²) in [4.78, 5) is 24.1. The van der Waals surface area contributed by atoms with Crippen molar-refractivity contribution in [3.63, 3.8) is 0 Å². The summed E-state index contributed by atoms with van der Waals surface area (Å²) < 4.78 is 31.1. The number of rotatable bonds is 7. The van der Waals surface area contributed by atoms with Crippen LogP contribution in [-0.2, 0) is 19.6 Å². The quantitative estimate of drug-likeness (QED) is 0.701. The summed E-state index contributed by atoms with van der Waals surface area (Å²) in [7, 11) is -3.57. The average molecular weight is 382 g/mol. The maximum atomic E-state index is 12.0. The fraction of sp³-hybridized carbons (Fsp3) is 0.556. The van der Waals surface area contributed by atoms with E-state index in [9.17, 15) is 18.0 Å². The van der Waals surface area contributed by atoms with Crippen LogP contribution in [0.5, 0.6) is 0 Å². The topological polar surface area (TPSA) is 102 Å². The van der Waals surface area contributed by atoms with Crippen LogP contribution in [0.3, 0.4) is 0 Å². The minimum Gasteiger partial charge on any atom is -0.452 e. The van der Waals surface area contributed by atoms with Gasteiger partial charge in [-0.05, 0) is 43.0 Å². The molecule has 26 heavy (non-hydrogen) atoms. The first-order chi connectivity index (χ1) is 12.3. The van der Waals surface area contributed by atoms with Crippen LogP contribution < -0.4 is 10.0 Å². The molecule has 0 radical (unpaired) electrons. The van der Waals surface area contributed by atoms with Gasteiger partial charge in [-0.1, -0.05) is 26.7 Å². The fourth-order valence-corrected chi connectivity index (χ4v) is 4.08. The van der Waals surface area contributed by atoms with Crippen LogP contribution in [0.4, 0.5) is 0 Å². The van der Waals surface area contributed by atoms with Crippen molar-refractivity contribution in [1.82, 2.24) is 10.0 Å². The zero-order valence-electron chi connectivity index (χ0n) is 15.2. The molecule has 1 fully saturated rings. The second-order valence-electron chi connectivity index (χ2n) is 6.54. The van der Waals surface area contributed by atoms with Gasteiger partial charge < -0.3 is 10.1 Å². The minimum atomic E-state index is -3.57. The lowest BCUT2D eigenvalue weighted by atomic mass is 9.86. The van der Waals surface area contributed by atoms with Crippen LogP contribution in [0, 0.1) is 5.92 Å². The summed E-state index contributed by atoms with van der Waals surface area (Å²) in [5.74, 6) is -0.553. The summed E-state index contributed by atoms with van der Waals surface area (Å²) >= 11 is 0. The zero-order valence-corrected chi connectivity index (χ0v) is 16.0. The van der Waals surface area contributed by atoms with E-state index >= 15 is 0 Å². The number of hydrogen-bond donors (Lipinski definition) is 2. The van der Waals surface area contributed by atoms with E-state index in [0.29, 0.717) is 5.92 Å². The minimum absolute atomic E-state index is 0.0694. The molecule has 7 nitrogen and oxygen atoms in total. The Hall–Kier alpha value is -1.93. The summed E-state index contributed by atoms with van der Waals surface area (Å²) in [5, 5.41) is 2.91. The Morgan fingerprint density at radius 3 is 2.42 bits per heavy atom. The molecule has 0 heterocycles. The molecule has 0 aliphatic heterocycles. The van der Waals surface area contributed by atoms with Crippen LogP contribution in [-0.4, -0.2) is 39.5 Å². The molecule has 1 aliphatic rings. The number of sulfonamides is 1. The van der Waals surface area contributed by atoms with Crippen molar-refractivity contribution in [1.29, 1.82) is 0 Å². The van der Waals surface area contributed by atoms with Crippen LogP contribution in [0.2, 0.25) is 0 Å². The molecule has 2 rings (SSSR count). The molecule has 1 aromatic carbocycles. The van der Waals surface area contributed by atoms with Gasteiger partial charge in [0.1, 0.15) is 0 Å². The standard InChI is InChI=1S/C18H26N2O5S/c1-3-19-26(23,24)15-10-8-14(9-11-15)18(22)25-12-17(21)20-16-7-5-4-6-13(16)2/h8-11,13,16,19H,3-7,12H2,1-2H3,(H,20,21)/t13-,16+/m1/s1. The molecule has 2 N–H and O–H groups in total. The van der Waals surface area contributed by atoms with Crippen LogP contribution in [0.15, 0.2) is 29.2 Å². The molecule has 0 spiro atoms. The van der Waals surface area contributed by atoms with E-state index in [-0.39, 0.29) is 35.6 Å². The Bertz CT molecular complexity index is 730. The highest BCUT2D eigenvalue weighted by molar-refractivity contribution is 7.89. The first-order valence-electron chi connectivity index (χ1n) is 8.89. The molecule has 0 aromatic heterocycles. The highest BCUT2D eigenvalue weighted by atomic mass is 32.2. The van der Waals surface area contributed by atoms with Gasteiger partial charge in [-0.25, -0.2) is 17.9 Å². The third-order valence-electron chi connectivity index (χ3n) is 4.53. The van der Waals surface area contributed by atoms with E-state index in [1.807, 2.05) is 0 Å². The molecule has 1 aliphatic carbocycles. The van der Waals surface area contributed by atoms with Gasteiger partial charge in [-0.15, -0.1) is 0 Å². The molecule has 0 bridgehead atoms. The lowest BCUT2D eigenvalue weighted by molar-refractivity contribution is -0.125. The summed E-state index contributed by atoms with van der Waals surface area (Å²) in [6.45, 7) is 3.72. The van der Waals surface area contributed by atoms with Crippen LogP contribution in [0.25, 0.3) is 0 Å². The van der Waals surface area contributed by atoms with E-state index < -0.39 is 16.0 Å². The number of ether oxygens (including phenoxy) is 1. The van der Waals surface area contributed by atoms with Gasteiger partial charge in [-0.3, -0.25) is 4.79 Å². The lowest BCUT2D eigenvalue weighted by Gasteiger charge is -2.29. The second kappa shape index (κ2) is 9.14. The van der Waals surface area contributed by atoms with E-state index in [4.69, 9.17) is 4.74 Å². The SMILES string of the molecule is CCNS(=O)(=O)c1ccc(C(=O)OCC(=O)N[C@H]2CCCC[C@H]2C)cc1. The first kappa shape index (κ1) is 20.4. The number of carbonyl (C=O) groups excluding carboxylic acids is 2. The van der Waals surface area contributed by atoms with E-state index in [2.05, 4.69) is 17.0 Å². The van der Waals surface area contributed by atoms with Crippen molar-refractivity contribution in [2.24, 2.45) is 5.92 Å². The molecule has 1 saturated carbocycles. The van der Waals surface area contributed by atoms with Crippen molar-refractivity contribution >= 4 is 21.9 Å². The molecular weight excluding hydrogens is 356 g/mol. The van der Waals surface area contributed by atoms with Crippen molar-refractivity contribution in [3.05, 3.63) is 29.8 Å². The van der Waals surface area contributed by atoms with Crippen LogP contribution >= 0.6 is 0 Å². The maximum absolute atomic E-state index is 12.0. The fourth-order valence-electron chi connectivity index (χ4n) is 3.04. The Balaban J connectivity index is 1.86.